The molecule has 1 rings (SSSR count). The van der Waals surface area contributed by atoms with Gasteiger partial charge in [-0.3, -0.25) is 4.90 Å². The Labute approximate surface area is 74.2 Å². The van der Waals surface area contributed by atoms with Gasteiger partial charge in [-0.1, -0.05) is 12.2 Å². The lowest BCUT2D eigenvalue weighted by Gasteiger charge is -2.30. The standard InChI is InChI=1S/C9H18N2O/c1-9-8-11(6-7-12-9)5-3-2-4-10/h2-3,9H,4-8,10H2,1H3/b3-2+. The molecular weight excluding hydrogens is 152 g/mol. The van der Waals surface area contributed by atoms with Gasteiger partial charge in [0.05, 0.1) is 12.7 Å². The summed E-state index contributed by atoms with van der Waals surface area (Å²) < 4.78 is 5.42. The van der Waals surface area contributed by atoms with Gasteiger partial charge in [0.15, 0.2) is 0 Å². The molecule has 0 radical (unpaired) electrons. The van der Waals surface area contributed by atoms with Crippen molar-refractivity contribution < 1.29 is 4.74 Å². The molecule has 1 unspecified atom stereocenters. The Hall–Kier alpha value is -0.380. The Morgan fingerprint density at radius 1 is 1.58 bits per heavy atom. The van der Waals surface area contributed by atoms with Gasteiger partial charge in [-0.2, -0.15) is 0 Å². The molecule has 3 nitrogen and oxygen atoms in total. The molecule has 0 aromatic heterocycles. The van der Waals surface area contributed by atoms with Crippen LogP contribution in [0.1, 0.15) is 6.92 Å². The van der Waals surface area contributed by atoms with Gasteiger partial charge in [0, 0.05) is 26.2 Å². The summed E-state index contributed by atoms with van der Waals surface area (Å²) in [5.74, 6) is 0. The molecule has 0 amide bonds. The van der Waals surface area contributed by atoms with Crippen molar-refractivity contribution in [3.05, 3.63) is 12.2 Å². The molecule has 1 heterocycles. The predicted molar refractivity (Wildman–Crippen MR) is 50.0 cm³/mol. The van der Waals surface area contributed by atoms with E-state index < -0.39 is 0 Å². The molecule has 0 spiro atoms. The van der Waals surface area contributed by atoms with Gasteiger partial charge in [-0.15, -0.1) is 0 Å². The first-order valence-corrected chi connectivity index (χ1v) is 4.52. The van der Waals surface area contributed by atoms with Gasteiger partial charge in [-0.25, -0.2) is 0 Å². The van der Waals surface area contributed by atoms with Crippen LogP contribution in [0, 0.1) is 0 Å². The summed E-state index contributed by atoms with van der Waals surface area (Å²) in [6, 6.07) is 0. The second-order valence-electron chi connectivity index (χ2n) is 3.15. The lowest BCUT2D eigenvalue weighted by Crippen LogP contribution is -2.41. The molecule has 1 fully saturated rings. The molecule has 0 saturated carbocycles. The molecule has 12 heavy (non-hydrogen) atoms. The van der Waals surface area contributed by atoms with Crippen molar-refractivity contribution in [2.75, 3.05) is 32.8 Å². The van der Waals surface area contributed by atoms with Gasteiger partial charge < -0.3 is 10.5 Å². The van der Waals surface area contributed by atoms with Crippen LogP contribution in [-0.2, 0) is 4.74 Å². The average Bonchev–Trinajstić information content (AvgIpc) is 2.05. The normalized spacial score (nSPS) is 26.7. The van der Waals surface area contributed by atoms with Gasteiger partial charge in [0.2, 0.25) is 0 Å². The third-order valence-electron chi connectivity index (χ3n) is 1.99. The highest BCUT2D eigenvalue weighted by Gasteiger charge is 2.14. The van der Waals surface area contributed by atoms with Crippen molar-refractivity contribution in [2.24, 2.45) is 5.73 Å². The van der Waals surface area contributed by atoms with Crippen molar-refractivity contribution in [2.45, 2.75) is 13.0 Å². The molecule has 3 heteroatoms. The van der Waals surface area contributed by atoms with E-state index in [4.69, 9.17) is 10.5 Å². The first-order chi connectivity index (χ1) is 5.83. The number of rotatable bonds is 3. The fourth-order valence-electron chi connectivity index (χ4n) is 1.38. The van der Waals surface area contributed by atoms with E-state index in [1.807, 2.05) is 6.08 Å². The molecule has 0 aromatic carbocycles. The topological polar surface area (TPSA) is 38.5 Å². The number of nitrogens with two attached hydrogens (primary N) is 1. The second kappa shape index (κ2) is 5.30. The van der Waals surface area contributed by atoms with Crippen molar-refractivity contribution in [1.82, 2.24) is 4.90 Å². The van der Waals surface area contributed by atoms with Gasteiger partial charge in [0.1, 0.15) is 0 Å². The van der Waals surface area contributed by atoms with E-state index in [1.165, 1.54) is 0 Å². The maximum Gasteiger partial charge on any atom is 0.0674 e. The van der Waals surface area contributed by atoms with Gasteiger partial charge >= 0.3 is 0 Å². The summed E-state index contributed by atoms with van der Waals surface area (Å²) in [4.78, 5) is 2.38. The summed E-state index contributed by atoms with van der Waals surface area (Å²) in [5, 5.41) is 0. The minimum atomic E-state index is 0.380. The number of nitrogens with zero attached hydrogens (tertiary/aromatic N) is 1. The SMILES string of the molecule is CC1CN(C/C=C/CN)CCO1. The van der Waals surface area contributed by atoms with E-state index in [2.05, 4.69) is 17.9 Å². The monoisotopic (exact) mass is 170 g/mol. The third-order valence-corrected chi connectivity index (χ3v) is 1.99. The highest BCUT2D eigenvalue weighted by molar-refractivity contribution is 4.86. The molecule has 0 aromatic rings. The lowest BCUT2D eigenvalue weighted by molar-refractivity contribution is -0.0140. The molecule has 0 aliphatic carbocycles. The van der Waals surface area contributed by atoms with Crippen LogP contribution in [-0.4, -0.2) is 43.8 Å². The van der Waals surface area contributed by atoms with Crippen molar-refractivity contribution in [3.63, 3.8) is 0 Å². The Morgan fingerprint density at radius 2 is 2.42 bits per heavy atom. The maximum atomic E-state index is 5.42. The highest BCUT2D eigenvalue weighted by atomic mass is 16.5. The molecule has 2 N–H and O–H groups in total. The molecule has 1 atom stereocenters. The Morgan fingerprint density at radius 3 is 3.08 bits per heavy atom. The average molecular weight is 170 g/mol. The molecular formula is C9H18N2O. The van der Waals surface area contributed by atoms with E-state index in [0.29, 0.717) is 12.6 Å². The third kappa shape index (κ3) is 3.34. The van der Waals surface area contributed by atoms with Crippen LogP contribution in [0.5, 0.6) is 0 Å². The van der Waals surface area contributed by atoms with Crippen molar-refractivity contribution in [1.29, 1.82) is 0 Å². The quantitative estimate of drug-likeness (QED) is 0.616. The van der Waals surface area contributed by atoms with Crippen molar-refractivity contribution in [3.8, 4) is 0 Å². The van der Waals surface area contributed by atoms with E-state index >= 15 is 0 Å². The zero-order valence-electron chi connectivity index (χ0n) is 7.70. The Bertz CT molecular complexity index is 147. The first kappa shape index (κ1) is 9.71. The smallest absolute Gasteiger partial charge is 0.0674 e. The van der Waals surface area contributed by atoms with E-state index in [9.17, 15) is 0 Å². The second-order valence-corrected chi connectivity index (χ2v) is 3.15. The summed E-state index contributed by atoms with van der Waals surface area (Å²) in [7, 11) is 0. The van der Waals surface area contributed by atoms with E-state index in [1.54, 1.807) is 0 Å². The summed E-state index contributed by atoms with van der Waals surface area (Å²) in [6.07, 6.45) is 4.50. The number of morpholine rings is 1. The maximum absolute atomic E-state index is 5.42. The van der Waals surface area contributed by atoms with Gasteiger partial charge in [-0.05, 0) is 6.92 Å². The highest BCUT2D eigenvalue weighted by Crippen LogP contribution is 2.03. The van der Waals surface area contributed by atoms with Crippen LogP contribution < -0.4 is 5.73 Å². The fraction of sp³-hybridized carbons (Fsp3) is 0.778. The fourth-order valence-corrected chi connectivity index (χ4v) is 1.38. The zero-order valence-corrected chi connectivity index (χ0v) is 7.70. The Kier molecular flexibility index (Phi) is 4.29. The van der Waals surface area contributed by atoms with Crippen LogP contribution in [0.3, 0.4) is 0 Å². The van der Waals surface area contributed by atoms with Crippen LogP contribution >= 0.6 is 0 Å². The number of ether oxygens (including phenoxy) is 1. The van der Waals surface area contributed by atoms with Crippen LogP contribution in [0.15, 0.2) is 12.2 Å². The minimum absolute atomic E-state index is 0.380. The zero-order chi connectivity index (χ0) is 8.81. The first-order valence-electron chi connectivity index (χ1n) is 4.52. The number of hydrogen-bond acceptors (Lipinski definition) is 3. The van der Waals surface area contributed by atoms with Crippen LogP contribution in [0.4, 0.5) is 0 Å². The van der Waals surface area contributed by atoms with Gasteiger partial charge in [0.25, 0.3) is 0 Å². The minimum Gasteiger partial charge on any atom is -0.376 e. The number of hydrogen-bond donors (Lipinski definition) is 1. The van der Waals surface area contributed by atoms with E-state index in [-0.39, 0.29) is 0 Å². The summed E-state index contributed by atoms with van der Waals surface area (Å²) in [6.45, 7) is 6.69. The molecule has 1 saturated heterocycles. The summed E-state index contributed by atoms with van der Waals surface area (Å²) in [5.41, 5.74) is 5.34. The molecule has 1 aliphatic heterocycles. The lowest BCUT2D eigenvalue weighted by atomic mass is 10.3. The Balaban J connectivity index is 2.18. The predicted octanol–water partition coefficient (Wildman–Crippen LogP) is 0.222. The molecule has 70 valence electrons. The molecule has 1 aliphatic rings. The summed E-state index contributed by atoms with van der Waals surface area (Å²) >= 11 is 0. The largest absolute Gasteiger partial charge is 0.376 e. The van der Waals surface area contributed by atoms with Crippen LogP contribution in [0.2, 0.25) is 0 Å². The van der Waals surface area contributed by atoms with E-state index in [0.717, 1.165) is 26.2 Å². The van der Waals surface area contributed by atoms with Crippen LogP contribution in [0.25, 0.3) is 0 Å². The molecule has 0 bridgehead atoms. The van der Waals surface area contributed by atoms with Crippen molar-refractivity contribution >= 4 is 0 Å².